The van der Waals surface area contributed by atoms with Gasteiger partial charge in [-0.05, 0) is 49.1 Å². The zero-order chi connectivity index (χ0) is 13.0. The Morgan fingerprint density at radius 1 is 1.56 bits per heavy atom. The highest BCUT2D eigenvalue weighted by atomic mass is 32.1. The Labute approximate surface area is 113 Å². The van der Waals surface area contributed by atoms with Crippen molar-refractivity contribution in [2.75, 3.05) is 13.7 Å². The third-order valence-electron chi connectivity index (χ3n) is 3.52. The van der Waals surface area contributed by atoms with Crippen LogP contribution in [-0.2, 0) is 15.9 Å². The fourth-order valence-corrected chi connectivity index (χ4v) is 3.31. The van der Waals surface area contributed by atoms with Gasteiger partial charge in [0.15, 0.2) is 0 Å². The van der Waals surface area contributed by atoms with Crippen molar-refractivity contribution in [3.05, 3.63) is 22.4 Å². The van der Waals surface area contributed by atoms with E-state index in [2.05, 4.69) is 29.1 Å². The molecule has 0 aromatic carbocycles. The van der Waals surface area contributed by atoms with Gasteiger partial charge < -0.3 is 14.8 Å². The second kappa shape index (κ2) is 6.66. The molecule has 1 heterocycles. The summed E-state index contributed by atoms with van der Waals surface area (Å²) in [5.41, 5.74) is 1.41. The molecule has 0 radical (unpaired) electrons. The second-order valence-corrected chi connectivity index (χ2v) is 5.72. The first kappa shape index (κ1) is 14.0. The van der Waals surface area contributed by atoms with Gasteiger partial charge >= 0.3 is 0 Å². The predicted octanol–water partition coefficient (Wildman–Crippen LogP) is 2.46. The molecule has 4 atom stereocenters. The minimum absolute atomic E-state index is 0.204. The summed E-state index contributed by atoms with van der Waals surface area (Å²) in [5, 5.41) is 8.00. The van der Waals surface area contributed by atoms with E-state index >= 15 is 0 Å². The van der Waals surface area contributed by atoms with Crippen molar-refractivity contribution in [2.45, 2.75) is 51.0 Å². The normalized spacial score (nSPS) is 28.9. The molecular formula is C14H23NO2S. The van der Waals surface area contributed by atoms with Crippen molar-refractivity contribution in [3.63, 3.8) is 0 Å². The molecule has 1 aliphatic carbocycles. The average Bonchev–Trinajstić information content (AvgIpc) is 2.80. The first-order valence-electron chi connectivity index (χ1n) is 6.66. The number of nitrogens with one attached hydrogen (secondary N) is 1. The van der Waals surface area contributed by atoms with Crippen LogP contribution in [0.1, 0.15) is 25.8 Å². The van der Waals surface area contributed by atoms with E-state index in [4.69, 9.17) is 9.47 Å². The number of hydrogen-bond acceptors (Lipinski definition) is 4. The van der Waals surface area contributed by atoms with Gasteiger partial charge in [0.2, 0.25) is 0 Å². The molecule has 18 heavy (non-hydrogen) atoms. The molecule has 1 fully saturated rings. The lowest BCUT2D eigenvalue weighted by molar-refractivity contribution is -0.132. The Kier molecular flexibility index (Phi) is 5.18. The lowest BCUT2D eigenvalue weighted by Crippen LogP contribution is -2.61. The van der Waals surface area contributed by atoms with Crippen LogP contribution in [0, 0.1) is 0 Å². The lowest BCUT2D eigenvalue weighted by atomic mass is 9.84. The summed E-state index contributed by atoms with van der Waals surface area (Å²) in [5.74, 6) is 0. The van der Waals surface area contributed by atoms with Crippen LogP contribution in [0.15, 0.2) is 16.8 Å². The first-order valence-corrected chi connectivity index (χ1v) is 7.60. The fraction of sp³-hybridized carbons (Fsp3) is 0.714. The maximum Gasteiger partial charge on any atom is 0.0986 e. The quantitative estimate of drug-likeness (QED) is 0.825. The van der Waals surface area contributed by atoms with E-state index in [-0.39, 0.29) is 12.2 Å². The summed E-state index contributed by atoms with van der Waals surface area (Å²) in [4.78, 5) is 0. The Morgan fingerprint density at radius 2 is 2.39 bits per heavy atom. The second-order valence-electron chi connectivity index (χ2n) is 4.94. The Hall–Kier alpha value is -0.420. The van der Waals surface area contributed by atoms with E-state index in [1.807, 2.05) is 6.92 Å². The van der Waals surface area contributed by atoms with E-state index in [0.717, 1.165) is 19.4 Å². The molecule has 4 heteroatoms. The molecule has 0 bridgehead atoms. The maximum absolute atomic E-state index is 5.64. The van der Waals surface area contributed by atoms with Gasteiger partial charge in [-0.25, -0.2) is 0 Å². The number of hydrogen-bond donors (Lipinski definition) is 1. The van der Waals surface area contributed by atoms with E-state index in [0.29, 0.717) is 12.1 Å². The highest BCUT2D eigenvalue weighted by molar-refractivity contribution is 7.07. The minimum atomic E-state index is 0.204. The van der Waals surface area contributed by atoms with E-state index in [1.165, 1.54) is 5.56 Å². The van der Waals surface area contributed by atoms with Crippen LogP contribution in [0.5, 0.6) is 0 Å². The molecule has 0 amide bonds. The molecule has 3 nitrogen and oxygen atoms in total. The Balaban J connectivity index is 1.76. The number of methoxy groups -OCH3 is 1. The third-order valence-corrected chi connectivity index (χ3v) is 4.25. The van der Waals surface area contributed by atoms with Gasteiger partial charge in [-0.2, -0.15) is 11.3 Å². The maximum atomic E-state index is 5.64. The molecule has 2 rings (SSSR count). The van der Waals surface area contributed by atoms with Crippen molar-refractivity contribution in [1.82, 2.24) is 5.32 Å². The van der Waals surface area contributed by atoms with Crippen LogP contribution in [0.2, 0.25) is 0 Å². The smallest absolute Gasteiger partial charge is 0.0986 e. The van der Waals surface area contributed by atoms with Crippen molar-refractivity contribution >= 4 is 11.3 Å². The zero-order valence-corrected chi connectivity index (χ0v) is 12.2. The highest BCUT2D eigenvalue weighted by Gasteiger charge is 2.42. The van der Waals surface area contributed by atoms with E-state index < -0.39 is 0 Å². The first-order chi connectivity index (χ1) is 8.74. The molecule has 1 aromatic rings. The van der Waals surface area contributed by atoms with Crippen LogP contribution >= 0.6 is 11.3 Å². The molecule has 0 spiro atoms. The van der Waals surface area contributed by atoms with Gasteiger partial charge in [-0.1, -0.05) is 0 Å². The SMILES string of the molecule is CCOC1CC(NC(C)Cc2ccsc2)C1OC. The summed E-state index contributed by atoms with van der Waals surface area (Å²) in [7, 11) is 1.77. The molecule has 1 aromatic heterocycles. The van der Waals surface area contributed by atoms with Crippen LogP contribution in [0.3, 0.4) is 0 Å². The number of ether oxygens (including phenoxy) is 2. The van der Waals surface area contributed by atoms with E-state index in [1.54, 1.807) is 18.4 Å². The molecule has 1 aliphatic rings. The summed E-state index contributed by atoms with van der Waals surface area (Å²) in [6, 6.07) is 3.10. The molecule has 102 valence electrons. The van der Waals surface area contributed by atoms with Crippen molar-refractivity contribution in [1.29, 1.82) is 0 Å². The topological polar surface area (TPSA) is 30.5 Å². The van der Waals surface area contributed by atoms with Crippen molar-refractivity contribution in [3.8, 4) is 0 Å². The molecule has 0 saturated heterocycles. The van der Waals surface area contributed by atoms with Crippen molar-refractivity contribution < 1.29 is 9.47 Å². The standard InChI is InChI=1S/C14H23NO2S/c1-4-17-13-8-12(14(13)16-3)15-10(2)7-11-5-6-18-9-11/h5-6,9-10,12-15H,4,7-8H2,1-3H3. The summed E-state index contributed by atoms with van der Waals surface area (Å²) >= 11 is 1.76. The molecule has 1 N–H and O–H groups in total. The minimum Gasteiger partial charge on any atom is -0.377 e. The fourth-order valence-electron chi connectivity index (χ4n) is 2.62. The molecule has 1 saturated carbocycles. The summed E-state index contributed by atoms with van der Waals surface area (Å²) in [6.07, 6.45) is 2.61. The number of rotatable bonds is 7. The highest BCUT2D eigenvalue weighted by Crippen LogP contribution is 2.27. The van der Waals surface area contributed by atoms with Gasteiger partial charge in [-0.15, -0.1) is 0 Å². The zero-order valence-electron chi connectivity index (χ0n) is 11.4. The van der Waals surface area contributed by atoms with Gasteiger partial charge in [0.1, 0.15) is 0 Å². The Morgan fingerprint density at radius 3 is 3.00 bits per heavy atom. The van der Waals surface area contributed by atoms with Crippen LogP contribution in [0.25, 0.3) is 0 Å². The van der Waals surface area contributed by atoms with Gasteiger partial charge in [0, 0.05) is 25.8 Å². The van der Waals surface area contributed by atoms with Crippen LogP contribution in [-0.4, -0.2) is 38.0 Å². The molecular weight excluding hydrogens is 246 g/mol. The predicted molar refractivity (Wildman–Crippen MR) is 75.2 cm³/mol. The lowest BCUT2D eigenvalue weighted by Gasteiger charge is -2.44. The Bertz CT molecular complexity index is 342. The van der Waals surface area contributed by atoms with Gasteiger partial charge in [-0.3, -0.25) is 0 Å². The van der Waals surface area contributed by atoms with Gasteiger partial charge in [0.25, 0.3) is 0 Å². The van der Waals surface area contributed by atoms with Crippen LogP contribution < -0.4 is 5.32 Å². The number of thiophene rings is 1. The van der Waals surface area contributed by atoms with E-state index in [9.17, 15) is 0 Å². The summed E-state index contributed by atoms with van der Waals surface area (Å²) in [6.45, 7) is 5.03. The monoisotopic (exact) mass is 269 g/mol. The largest absolute Gasteiger partial charge is 0.377 e. The van der Waals surface area contributed by atoms with Gasteiger partial charge in [0.05, 0.1) is 12.2 Å². The molecule has 0 aliphatic heterocycles. The van der Waals surface area contributed by atoms with Crippen LogP contribution in [0.4, 0.5) is 0 Å². The van der Waals surface area contributed by atoms with Crippen molar-refractivity contribution in [2.24, 2.45) is 0 Å². The third kappa shape index (κ3) is 3.32. The average molecular weight is 269 g/mol. The molecule has 4 unspecified atom stereocenters. The summed E-state index contributed by atoms with van der Waals surface area (Å²) < 4.78 is 11.2.